The first-order chi connectivity index (χ1) is 13.4. The molecule has 3 rings (SSSR count). The lowest BCUT2D eigenvalue weighted by Gasteiger charge is -2.10. The maximum atomic E-state index is 12.4. The van der Waals surface area contributed by atoms with E-state index in [1.807, 2.05) is 52.0 Å². The third kappa shape index (κ3) is 4.12. The van der Waals surface area contributed by atoms with Crippen molar-refractivity contribution in [2.45, 2.75) is 27.7 Å². The van der Waals surface area contributed by atoms with Crippen LogP contribution in [0.5, 0.6) is 11.5 Å². The lowest BCUT2D eigenvalue weighted by Crippen LogP contribution is -2.12. The van der Waals surface area contributed by atoms with Gasteiger partial charge in [0.1, 0.15) is 11.5 Å². The number of carbonyl (C=O) groups is 2. The molecule has 0 unspecified atom stereocenters. The van der Waals surface area contributed by atoms with Crippen molar-refractivity contribution < 1.29 is 19.1 Å². The highest BCUT2D eigenvalue weighted by atomic mass is 16.5. The summed E-state index contributed by atoms with van der Waals surface area (Å²) in [5.41, 5.74) is 4.67. The average molecular weight is 374 g/mol. The molecule has 3 aromatic rings. The van der Waals surface area contributed by atoms with Gasteiger partial charge in [-0.25, -0.2) is 9.59 Å². The molecule has 0 saturated carbocycles. The van der Waals surface area contributed by atoms with E-state index in [-0.39, 0.29) is 0 Å². The summed E-state index contributed by atoms with van der Waals surface area (Å²) >= 11 is 0. The minimum absolute atomic E-state index is 0.365. The zero-order valence-electron chi connectivity index (χ0n) is 16.4. The summed E-state index contributed by atoms with van der Waals surface area (Å²) in [7, 11) is 0. The van der Waals surface area contributed by atoms with Crippen molar-refractivity contribution in [1.29, 1.82) is 0 Å². The van der Waals surface area contributed by atoms with E-state index in [1.54, 1.807) is 36.4 Å². The van der Waals surface area contributed by atoms with Crippen LogP contribution in [0.4, 0.5) is 0 Å². The van der Waals surface area contributed by atoms with E-state index >= 15 is 0 Å². The minimum Gasteiger partial charge on any atom is -0.423 e. The first-order valence-electron chi connectivity index (χ1n) is 9.03. The van der Waals surface area contributed by atoms with E-state index in [1.165, 1.54) is 0 Å². The molecule has 0 fully saturated rings. The van der Waals surface area contributed by atoms with E-state index in [9.17, 15) is 9.59 Å². The van der Waals surface area contributed by atoms with E-state index in [0.29, 0.717) is 22.6 Å². The molecule has 4 heteroatoms. The van der Waals surface area contributed by atoms with Crippen molar-refractivity contribution in [3.8, 4) is 11.5 Å². The lowest BCUT2D eigenvalue weighted by atomic mass is 10.1. The van der Waals surface area contributed by atoms with Gasteiger partial charge in [0.05, 0.1) is 11.1 Å². The number of ether oxygens (including phenoxy) is 2. The third-order valence-corrected chi connectivity index (χ3v) is 4.87. The molecule has 3 aromatic carbocycles. The van der Waals surface area contributed by atoms with Crippen LogP contribution in [0.1, 0.15) is 43.0 Å². The standard InChI is InChI=1S/C24H22O4/c1-15-7-5-9-21(17(15)3)27-23(25)19-11-13-20(14-12-19)24(26)28-22-10-6-8-16(2)18(22)4/h5-14H,1-4H3. The fourth-order valence-electron chi connectivity index (χ4n) is 2.73. The Morgan fingerprint density at radius 2 is 0.929 bits per heavy atom. The van der Waals surface area contributed by atoms with Crippen LogP contribution in [0.3, 0.4) is 0 Å². The van der Waals surface area contributed by atoms with Crippen LogP contribution >= 0.6 is 0 Å². The Bertz CT molecular complexity index is 948. The summed E-state index contributed by atoms with van der Waals surface area (Å²) in [6.07, 6.45) is 0. The van der Waals surface area contributed by atoms with E-state index < -0.39 is 11.9 Å². The molecule has 0 aliphatic rings. The van der Waals surface area contributed by atoms with E-state index in [4.69, 9.17) is 9.47 Å². The van der Waals surface area contributed by atoms with Gasteiger partial charge in [-0.1, -0.05) is 24.3 Å². The molecule has 0 N–H and O–H groups in total. The van der Waals surface area contributed by atoms with Crippen LogP contribution in [0.2, 0.25) is 0 Å². The fraction of sp³-hybridized carbons (Fsp3) is 0.167. The molecule has 142 valence electrons. The Labute approximate surface area is 164 Å². The first-order valence-corrected chi connectivity index (χ1v) is 9.03. The highest BCUT2D eigenvalue weighted by molar-refractivity contribution is 5.95. The van der Waals surface area contributed by atoms with Gasteiger partial charge in [0.15, 0.2) is 0 Å². The summed E-state index contributed by atoms with van der Waals surface area (Å²) in [4.78, 5) is 24.8. The molecule has 0 atom stereocenters. The molecule has 0 bridgehead atoms. The Morgan fingerprint density at radius 1 is 0.571 bits per heavy atom. The van der Waals surface area contributed by atoms with Crippen LogP contribution in [-0.2, 0) is 0 Å². The molecule has 0 spiro atoms. The predicted molar refractivity (Wildman–Crippen MR) is 108 cm³/mol. The van der Waals surface area contributed by atoms with Gasteiger partial charge in [0, 0.05) is 0 Å². The average Bonchev–Trinajstić information content (AvgIpc) is 2.69. The minimum atomic E-state index is -0.469. The molecular weight excluding hydrogens is 352 g/mol. The number of benzene rings is 3. The monoisotopic (exact) mass is 374 g/mol. The van der Waals surface area contributed by atoms with Gasteiger partial charge < -0.3 is 9.47 Å². The molecule has 0 aliphatic heterocycles. The topological polar surface area (TPSA) is 52.6 Å². The molecule has 4 nitrogen and oxygen atoms in total. The highest BCUT2D eigenvalue weighted by Crippen LogP contribution is 2.23. The van der Waals surface area contributed by atoms with Crippen LogP contribution in [-0.4, -0.2) is 11.9 Å². The number of aryl methyl sites for hydroxylation is 2. The Hall–Kier alpha value is -3.40. The maximum Gasteiger partial charge on any atom is 0.343 e. The molecule has 28 heavy (non-hydrogen) atoms. The zero-order chi connectivity index (χ0) is 20.3. The molecular formula is C24H22O4. The number of carbonyl (C=O) groups excluding carboxylic acids is 2. The molecule has 0 amide bonds. The number of hydrogen-bond acceptors (Lipinski definition) is 4. The summed E-state index contributed by atoms with van der Waals surface area (Å²) < 4.78 is 11.0. The second-order valence-electron chi connectivity index (χ2n) is 6.75. The van der Waals surface area contributed by atoms with Gasteiger partial charge in [-0.05, 0) is 86.3 Å². The number of rotatable bonds is 4. The molecule has 0 heterocycles. The van der Waals surface area contributed by atoms with Gasteiger partial charge >= 0.3 is 11.9 Å². The smallest absolute Gasteiger partial charge is 0.343 e. The highest BCUT2D eigenvalue weighted by Gasteiger charge is 2.14. The van der Waals surface area contributed by atoms with Gasteiger partial charge in [-0.3, -0.25) is 0 Å². The van der Waals surface area contributed by atoms with Crippen molar-refractivity contribution in [1.82, 2.24) is 0 Å². The molecule has 0 saturated heterocycles. The summed E-state index contributed by atoms with van der Waals surface area (Å²) in [6.45, 7) is 7.74. The zero-order valence-corrected chi connectivity index (χ0v) is 16.4. The molecule has 0 aliphatic carbocycles. The van der Waals surface area contributed by atoms with Gasteiger partial charge in [-0.2, -0.15) is 0 Å². The number of hydrogen-bond donors (Lipinski definition) is 0. The largest absolute Gasteiger partial charge is 0.423 e. The number of esters is 2. The predicted octanol–water partition coefficient (Wildman–Crippen LogP) is 5.36. The Balaban J connectivity index is 1.72. The second-order valence-corrected chi connectivity index (χ2v) is 6.75. The van der Waals surface area contributed by atoms with E-state index in [2.05, 4.69) is 0 Å². The summed E-state index contributed by atoms with van der Waals surface area (Å²) in [6, 6.07) is 17.4. The van der Waals surface area contributed by atoms with Crippen LogP contribution < -0.4 is 9.47 Å². The SMILES string of the molecule is Cc1cccc(OC(=O)c2ccc(C(=O)Oc3cccc(C)c3C)cc2)c1C. The molecule has 0 radical (unpaired) electrons. The van der Waals surface area contributed by atoms with Crippen molar-refractivity contribution >= 4 is 11.9 Å². The summed E-state index contributed by atoms with van der Waals surface area (Å²) in [5, 5.41) is 0. The van der Waals surface area contributed by atoms with Gasteiger partial charge in [0.25, 0.3) is 0 Å². The van der Waals surface area contributed by atoms with Crippen molar-refractivity contribution in [2.75, 3.05) is 0 Å². The van der Waals surface area contributed by atoms with Crippen LogP contribution in [0, 0.1) is 27.7 Å². The van der Waals surface area contributed by atoms with E-state index in [0.717, 1.165) is 22.3 Å². The van der Waals surface area contributed by atoms with Crippen molar-refractivity contribution in [3.63, 3.8) is 0 Å². The van der Waals surface area contributed by atoms with Crippen LogP contribution in [0.25, 0.3) is 0 Å². The Kier molecular flexibility index (Phi) is 5.59. The van der Waals surface area contributed by atoms with Crippen molar-refractivity contribution in [3.05, 3.63) is 94.0 Å². The quantitative estimate of drug-likeness (QED) is 0.456. The Morgan fingerprint density at radius 3 is 1.29 bits per heavy atom. The maximum absolute atomic E-state index is 12.4. The fourth-order valence-corrected chi connectivity index (χ4v) is 2.73. The first kappa shape index (κ1) is 19.4. The summed E-state index contributed by atoms with van der Waals surface area (Å²) in [5.74, 6) is 0.123. The van der Waals surface area contributed by atoms with Crippen molar-refractivity contribution in [2.24, 2.45) is 0 Å². The third-order valence-electron chi connectivity index (χ3n) is 4.87. The van der Waals surface area contributed by atoms with Gasteiger partial charge in [-0.15, -0.1) is 0 Å². The molecule has 0 aromatic heterocycles. The van der Waals surface area contributed by atoms with Gasteiger partial charge in [0.2, 0.25) is 0 Å². The lowest BCUT2D eigenvalue weighted by molar-refractivity contribution is 0.0719. The second kappa shape index (κ2) is 8.09. The van der Waals surface area contributed by atoms with Crippen LogP contribution in [0.15, 0.2) is 60.7 Å². The normalized spacial score (nSPS) is 10.4.